The Balaban J connectivity index is 2.15. The molecule has 0 aliphatic carbocycles. The number of anilines is 2. The van der Waals surface area contributed by atoms with E-state index >= 15 is 0 Å². The number of carbonyl (C=O) groups excluding carboxylic acids is 1. The van der Waals surface area contributed by atoms with Gasteiger partial charge in [0.15, 0.2) is 0 Å². The van der Waals surface area contributed by atoms with Gasteiger partial charge in [-0.15, -0.1) is 0 Å². The van der Waals surface area contributed by atoms with E-state index in [2.05, 4.69) is 5.32 Å². The molecule has 26 heavy (non-hydrogen) atoms. The number of unbranched alkanes of at least 4 members (excludes halogenated alkanes) is 1. The summed E-state index contributed by atoms with van der Waals surface area (Å²) >= 11 is 0. The predicted octanol–water partition coefficient (Wildman–Crippen LogP) is 3.99. The van der Waals surface area contributed by atoms with Gasteiger partial charge in [-0.3, -0.25) is 10.1 Å². The molecule has 2 N–H and O–H groups in total. The fourth-order valence-corrected chi connectivity index (χ4v) is 2.17. The van der Waals surface area contributed by atoms with Gasteiger partial charge in [-0.2, -0.15) is 0 Å². The van der Waals surface area contributed by atoms with E-state index in [1.807, 2.05) is 6.92 Å². The van der Waals surface area contributed by atoms with Crippen LogP contribution in [0.1, 0.15) is 40.5 Å². The third kappa shape index (κ3) is 4.79. The molecule has 0 fully saturated rings. The van der Waals surface area contributed by atoms with Crippen molar-refractivity contribution >= 4 is 29.0 Å². The normalized spacial score (nSPS) is 10.2. The monoisotopic (exact) mass is 358 g/mol. The minimum absolute atomic E-state index is 0.210. The highest BCUT2D eigenvalue weighted by atomic mass is 16.6. The summed E-state index contributed by atoms with van der Waals surface area (Å²) in [6.07, 6.45) is 1.72. The Bertz CT molecular complexity index is 817. The molecule has 2 aromatic carbocycles. The number of aromatic carboxylic acids is 1. The Hall–Kier alpha value is -3.42. The van der Waals surface area contributed by atoms with Gasteiger partial charge in [0, 0.05) is 17.8 Å². The summed E-state index contributed by atoms with van der Waals surface area (Å²) in [6, 6.07) is 9.85. The van der Waals surface area contributed by atoms with Crippen molar-refractivity contribution < 1.29 is 24.4 Å². The predicted molar refractivity (Wildman–Crippen MR) is 95.0 cm³/mol. The first kappa shape index (κ1) is 18.9. The third-order valence-electron chi connectivity index (χ3n) is 3.58. The molecule has 0 aliphatic heterocycles. The second kappa shape index (κ2) is 8.61. The number of carboxylic acids is 1. The zero-order chi connectivity index (χ0) is 19.1. The van der Waals surface area contributed by atoms with Crippen molar-refractivity contribution in [2.24, 2.45) is 0 Å². The molecule has 8 heteroatoms. The minimum atomic E-state index is -1.28. The summed E-state index contributed by atoms with van der Waals surface area (Å²) in [5, 5.41) is 22.9. The Morgan fingerprint density at radius 3 is 2.46 bits per heavy atom. The summed E-state index contributed by atoms with van der Waals surface area (Å²) in [5.74, 6) is -1.71. The molecule has 0 spiro atoms. The van der Waals surface area contributed by atoms with Crippen LogP contribution < -0.4 is 5.32 Å². The molecule has 8 nitrogen and oxygen atoms in total. The number of hydrogen-bond donors (Lipinski definition) is 2. The molecular formula is C18H18N2O6. The Morgan fingerprint density at radius 1 is 1.19 bits per heavy atom. The molecule has 0 aliphatic rings. The van der Waals surface area contributed by atoms with Crippen LogP contribution in [0.25, 0.3) is 0 Å². The standard InChI is InChI=1S/C18H18N2O6/c1-2-3-10-26-18(23)12-4-6-13(7-5-12)19-16-9-8-14(20(24)25)11-15(16)17(21)22/h4-9,11,19H,2-3,10H2,1H3,(H,21,22). The number of nitrogens with zero attached hydrogens (tertiary/aromatic N) is 1. The summed E-state index contributed by atoms with van der Waals surface area (Å²) in [4.78, 5) is 33.3. The average molecular weight is 358 g/mol. The highest BCUT2D eigenvalue weighted by Crippen LogP contribution is 2.25. The molecule has 2 rings (SSSR count). The Kier molecular flexibility index (Phi) is 6.26. The number of ether oxygens (including phenoxy) is 1. The zero-order valence-corrected chi connectivity index (χ0v) is 14.1. The quantitative estimate of drug-likeness (QED) is 0.317. The Labute approximate surface area is 149 Å². The van der Waals surface area contributed by atoms with Crippen LogP contribution in [0.15, 0.2) is 42.5 Å². The maximum atomic E-state index is 11.8. The average Bonchev–Trinajstić information content (AvgIpc) is 2.62. The molecule has 0 aromatic heterocycles. The van der Waals surface area contributed by atoms with Gasteiger partial charge in [0.1, 0.15) is 0 Å². The zero-order valence-electron chi connectivity index (χ0n) is 14.1. The summed E-state index contributed by atoms with van der Waals surface area (Å²) in [6.45, 7) is 2.36. The molecule has 136 valence electrons. The lowest BCUT2D eigenvalue weighted by atomic mass is 10.1. The van der Waals surface area contributed by atoms with E-state index in [1.54, 1.807) is 24.3 Å². The number of esters is 1. The van der Waals surface area contributed by atoms with Crippen LogP contribution in [0.3, 0.4) is 0 Å². The highest BCUT2D eigenvalue weighted by molar-refractivity contribution is 5.96. The van der Waals surface area contributed by atoms with Crippen LogP contribution in [-0.4, -0.2) is 28.6 Å². The fraction of sp³-hybridized carbons (Fsp3) is 0.222. The number of hydrogen-bond acceptors (Lipinski definition) is 6. The molecule has 0 unspecified atom stereocenters. The molecular weight excluding hydrogens is 340 g/mol. The SMILES string of the molecule is CCCCOC(=O)c1ccc(Nc2ccc([N+](=O)[O-])cc2C(=O)O)cc1. The van der Waals surface area contributed by atoms with Gasteiger partial charge in [-0.05, 0) is 36.8 Å². The maximum absolute atomic E-state index is 11.8. The molecule has 0 bridgehead atoms. The maximum Gasteiger partial charge on any atom is 0.338 e. The summed E-state index contributed by atoms with van der Waals surface area (Å²) < 4.78 is 5.11. The van der Waals surface area contributed by atoms with E-state index in [0.717, 1.165) is 18.9 Å². The van der Waals surface area contributed by atoms with Gasteiger partial charge in [-0.1, -0.05) is 13.3 Å². The smallest absolute Gasteiger partial charge is 0.338 e. The first-order chi connectivity index (χ1) is 12.4. The van der Waals surface area contributed by atoms with Gasteiger partial charge in [0.25, 0.3) is 5.69 Å². The van der Waals surface area contributed by atoms with Gasteiger partial charge in [0.2, 0.25) is 0 Å². The molecule has 0 atom stereocenters. The van der Waals surface area contributed by atoms with E-state index in [4.69, 9.17) is 4.74 Å². The molecule has 2 aromatic rings. The second-order valence-corrected chi connectivity index (χ2v) is 5.48. The number of nitro groups is 1. The lowest BCUT2D eigenvalue weighted by Crippen LogP contribution is -2.07. The van der Waals surface area contributed by atoms with Gasteiger partial charge >= 0.3 is 11.9 Å². The van der Waals surface area contributed by atoms with Crippen LogP contribution in [0.5, 0.6) is 0 Å². The van der Waals surface area contributed by atoms with E-state index < -0.39 is 16.9 Å². The number of nitrogens with one attached hydrogen (secondary N) is 1. The minimum Gasteiger partial charge on any atom is -0.478 e. The van der Waals surface area contributed by atoms with Gasteiger partial charge in [-0.25, -0.2) is 9.59 Å². The molecule has 0 radical (unpaired) electrons. The number of rotatable bonds is 8. The third-order valence-corrected chi connectivity index (χ3v) is 3.58. The van der Waals surface area contributed by atoms with Gasteiger partial charge < -0.3 is 15.2 Å². The van der Waals surface area contributed by atoms with Crippen molar-refractivity contribution in [2.45, 2.75) is 19.8 Å². The number of benzene rings is 2. The van der Waals surface area contributed by atoms with Crippen LogP contribution in [0.2, 0.25) is 0 Å². The number of non-ortho nitro benzene ring substituents is 1. The van der Waals surface area contributed by atoms with Crippen molar-refractivity contribution in [3.05, 3.63) is 63.7 Å². The van der Waals surface area contributed by atoms with Crippen molar-refractivity contribution in [1.29, 1.82) is 0 Å². The molecule has 0 amide bonds. The van der Waals surface area contributed by atoms with E-state index in [-0.39, 0.29) is 16.9 Å². The molecule has 0 saturated carbocycles. The van der Waals surface area contributed by atoms with Crippen molar-refractivity contribution in [2.75, 3.05) is 11.9 Å². The van der Waals surface area contributed by atoms with Crippen LogP contribution >= 0.6 is 0 Å². The van der Waals surface area contributed by atoms with Crippen LogP contribution in [0, 0.1) is 10.1 Å². The lowest BCUT2D eigenvalue weighted by molar-refractivity contribution is -0.384. The van der Waals surface area contributed by atoms with Crippen molar-refractivity contribution in [3.8, 4) is 0 Å². The Morgan fingerprint density at radius 2 is 1.88 bits per heavy atom. The second-order valence-electron chi connectivity index (χ2n) is 5.48. The van der Waals surface area contributed by atoms with E-state index in [0.29, 0.717) is 17.9 Å². The van der Waals surface area contributed by atoms with Crippen molar-refractivity contribution in [1.82, 2.24) is 0 Å². The van der Waals surface area contributed by atoms with Crippen LogP contribution in [0.4, 0.5) is 17.1 Å². The van der Waals surface area contributed by atoms with Gasteiger partial charge in [0.05, 0.1) is 28.3 Å². The van der Waals surface area contributed by atoms with E-state index in [9.17, 15) is 24.8 Å². The number of carbonyl (C=O) groups is 2. The van der Waals surface area contributed by atoms with Crippen LogP contribution in [-0.2, 0) is 4.74 Å². The van der Waals surface area contributed by atoms with Crippen molar-refractivity contribution in [3.63, 3.8) is 0 Å². The number of nitro benzene ring substituents is 1. The molecule has 0 saturated heterocycles. The largest absolute Gasteiger partial charge is 0.478 e. The molecule has 0 heterocycles. The fourth-order valence-electron chi connectivity index (χ4n) is 2.17. The lowest BCUT2D eigenvalue weighted by Gasteiger charge is -2.10. The summed E-state index contributed by atoms with van der Waals surface area (Å²) in [5.41, 5.74) is 0.599. The number of carboxylic acid groups (broad SMARTS) is 1. The van der Waals surface area contributed by atoms with E-state index in [1.165, 1.54) is 12.1 Å². The first-order valence-corrected chi connectivity index (χ1v) is 7.98. The topological polar surface area (TPSA) is 119 Å². The highest BCUT2D eigenvalue weighted by Gasteiger charge is 2.16. The summed E-state index contributed by atoms with van der Waals surface area (Å²) in [7, 11) is 0. The first-order valence-electron chi connectivity index (χ1n) is 7.98.